The summed E-state index contributed by atoms with van der Waals surface area (Å²) in [5, 5.41) is 0. The van der Waals surface area contributed by atoms with Crippen molar-refractivity contribution in [2.24, 2.45) is 0 Å². The highest BCUT2D eigenvalue weighted by atomic mass is 31.2. The first-order valence-electron chi connectivity index (χ1n) is 20.6. The molecule has 0 aliphatic carbocycles. The van der Waals surface area contributed by atoms with Gasteiger partial charge in [-0.25, -0.2) is 4.57 Å². The lowest BCUT2D eigenvalue weighted by Gasteiger charge is -2.18. The smallest absolute Gasteiger partial charge is 0.462 e. The predicted molar refractivity (Wildman–Crippen MR) is 216 cm³/mol. The molecule has 0 aromatic heterocycles. The Morgan fingerprint density at radius 1 is 0.500 bits per heavy atom. The van der Waals surface area contributed by atoms with Gasteiger partial charge in [0.05, 0.1) is 6.61 Å². The number of hydrogen-bond donors (Lipinski definition) is 2. The maximum Gasteiger partial charge on any atom is 0.469 e. The van der Waals surface area contributed by atoms with Crippen LogP contribution in [0.5, 0.6) is 0 Å². The van der Waals surface area contributed by atoms with Crippen LogP contribution < -0.4 is 0 Å². The number of phosphoric acid groups is 1. The van der Waals surface area contributed by atoms with E-state index in [4.69, 9.17) is 19.3 Å². The fourth-order valence-corrected chi connectivity index (χ4v) is 5.79. The molecule has 0 bridgehead atoms. The summed E-state index contributed by atoms with van der Waals surface area (Å²) in [6, 6.07) is 0. The molecule has 9 heteroatoms. The van der Waals surface area contributed by atoms with Crippen LogP contribution in [0, 0.1) is 0 Å². The number of phosphoric ester groups is 1. The molecule has 0 heterocycles. The highest BCUT2D eigenvalue weighted by molar-refractivity contribution is 7.46. The SMILES string of the molecule is CCCCC/C=C/C/C=C/C/C=C/C/C=C/CCCCCC(=O)OC[C@H](COP(=O)(O)O)OC(=O)CC/C=C/CCCCCCCCCCCCC. The quantitative estimate of drug-likeness (QED) is 0.0279. The molecule has 8 nitrogen and oxygen atoms in total. The van der Waals surface area contributed by atoms with Crippen LogP contribution in [-0.4, -0.2) is 41.0 Å². The molecule has 0 amide bonds. The Balaban J connectivity index is 4.04. The Morgan fingerprint density at radius 2 is 0.904 bits per heavy atom. The molecule has 0 fully saturated rings. The average Bonchev–Trinajstić information content (AvgIpc) is 3.11. The van der Waals surface area contributed by atoms with Crippen LogP contribution in [-0.2, 0) is 28.2 Å². The van der Waals surface area contributed by atoms with Crippen LogP contribution in [0.15, 0.2) is 60.8 Å². The van der Waals surface area contributed by atoms with Gasteiger partial charge >= 0.3 is 19.8 Å². The number of ether oxygens (including phenoxy) is 2. The lowest BCUT2D eigenvalue weighted by atomic mass is 10.1. The largest absolute Gasteiger partial charge is 0.469 e. The lowest BCUT2D eigenvalue weighted by Crippen LogP contribution is -2.29. The number of allylic oxidation sites excluding steroid dienone is 10. The van der Waals surface area contributed by atoms with E-state index in [2.05, 4.69) is 73.1 Å². The Labute approximate surface area is 317 Å². The minimum atomic E-state index is -4.77. The molecule has 0 aromatic carbocycles. The molecule has 0 aliphatic rings. The van der Waals surface area contributed by atoms with Crippen molar-refractivity contribution in [1.29, 1.82) is 0 Å². The van der Waals surface area contributed by atoms with Crippen molar-refractivity contribution in [3.05, 3.63) is 60.8 Å². The third kappa shape index (κ3) is 40.5. The molecule has 0 rings (SSSR count). The second kappa shape index (κ2) is 38.5. The molecular weight excluding hydrogens is 675 g/mol. The zero-order valence-electron chi connectivity index (χ0n) is 32.9. The second-order valence-corrected chi connectivity index (χ2v) is 14.8. The Bertz CT molecular complexity index is 1030. The highest BCUT2D eigenvalue weighted by Crippen LogP contribution is 2.36. The monoisotopic (exact) mass is 751 g/mol. The number of carbonyl (C=O) groups excluding carboxylic acids is 2. The summed E-state index contributed by atoms with van der Waals surface area (Å²) in [6.07, 6.45) is 48.1. The normalized spacial score (nSPS) is 13.1. The van der Waals surface area contributed by atoms with Gasteiger partial charge in [0.1, 0.15) is 6.61 Å². The Hall–Kier alpha value is -2.25. The summed E-state index contributed by atoms with van der Waals surface area (Å²) in [7, 11) is -4.77. The van der Waals surface area contributed by atoms with Gasteiger partial charge in [-0.05, 0) is 70.6 Å². The summed E-state index contributed by atoms with van der Waals surface area (Å²) in [4.78, 5) is 42.8. The van der Waals surface area contributed by atoms with Crippen molar-refractivity contribution in [3.8, 4) is 0 Å². The van der Waals surface area contributed by atoms with Gasteiger partial charge in [-0.15, -0.1) is 0 Å². The molecule has 2 N–H and O–H groups in total. The predicted octanol–water partition coefficient (Wildman–Crippen LogP) is 12.5. The number of rotatable bonds is 37. The first-order valence-corrected chi connectivity index (χ1v) is 22.1. The van der Waals surface area contributed by atoms with Gasteiger partial charge in [-0.1, -0.05) is 158 Å². The summed E-state index contributed by atoms with van der Waals surface area (Å²) < 4.78 is 26.3. The molecule has 1 atom stereocenters. The van der Waals surface area contributed by atoms with Crippen LogP contribution in [0.25, 0.3) is 0 Å². The van der Waals surface area contributed by atoms with Gasteiger partial charge in [0.25, 0.3) is 0 Å². The molecule has 0 saturated carbocycles. The number of esters is 2. The molecule has 0 aromatic rings. The number of hydrogen-bond acceptors (Lipinski definition) is 6. The molecule has 300 valence electrons. The zero-order chi connectivity index (χ0) is 38.2. The van der Waals surface area contributed by atoms with E-state index in [0.29, 0.717) is 12.8 Å². The third-order valence-electron chi connectivity index (χ3n) is 8.52. The fourth-order valence-electron chi connectivity index (χ4n) is 5.43. The molecule has 0 aliphatic heterocycles. The van der Waals surface area contributed by atoms with Gasteiger partial charge in [0, 0.05) is 12.8 Å². The highest BCUT2D eigenvalue weighted by Gasteiger charge is 2.22. The number of unbranched alkanes of at least 4 members (excludes halogenated alkanes) is 17. The molecule has 0 spiro atoms. The van der Waals surface area contributed by atoms with E-state index in [1.54, 1.807) is 0 Å². The van der Waals surface area contributed by atoms with E-state index in [-0.39, 0.29) is 19.4 Å². The maximum atomic E-state index is 12.4. The molecule has 0 radical (unpaired) electrons. The topological polar surface area (TPSA) is 119 Å². The molecular formula is C43H75O8P. The van der Waals surface area contributed by atoms with Gasteiger partial charge in [-0.3, -0.25) is 14.1 Å². The van der Waals surface area contributed by atoms with Gasteiger partial charge in [0.2, 0.25) is 0 Å². The Morgan fingerprint density at radius 3 is 1.42 bits per heavy atom. The van der Waals surface area contributed by atoms with Crippen molar-refractivity contribution in [3.63, 3.8) is 0 Å². The number of carbonyl (C=O) groups is 2. The van der Waals surface area contributed by atoms with E-state index < -0.39 is 32.5 Å². The molecule has 52 heavy (non-hydrogen) atoms. The van der Waals surface area contributed by atoms with Crippen LogP contribution >= 0.6 is 7.82 Å². The van der Waals surface area contributed by atoms with Gasteiger partial charge in [-0.2, -0.15) is 0 Å². The maximum absolute atomic E-state index is 12.4. The summed E-state index contributed by atoms with van der Waals surface area (Å²) in [5.41, 5.74) is 0. The average molecular weight is 751 g/mol. The summed E-state index contributed by atoms with van der Waals surface area (Å²) in [5.74, 6) is -0.980. The van der Waals surface area contributed by atoms with Crippen molar-refractivity contribution < 1.29 is 37.9 Å². The van der Waals surface area contributed by atoms with Crippen molar-refractivity contribution >= 4 is 19.8 Å². The minimum absolute atomic E-state index is 0.120. The first-order chi connectivity index (χ1) is 25.3. The zero-order valence-corrected chi connectivity index (χ0v) is 33.8. The second-order valence-electron chi connectivity index (χ2n) is 13.6. The first kappa shape index (κ1) is 49.8. The van der Waals surface area contributed by atoms with Gasteiger partial charge in [0.15, 0.2) is 6.10 Å². The third-order valence-corrected chi connectivity index (χ3v) is 9.01. The van der Waals surface area contributed by atoms with E-state index >= 15 is 0 Å². The summed E-state index contributed by atoms with van der Waals surface area (Å²) >= 11 is 0. The van der Waals surface area contributed by atoms with E-state index in [9.17, 15) is 14.2 Å². The van der Waals surface area contributed by atoms with E-state index in [0.717, 1.165) is 51.4 Å². The van der Waals surface area contributed by atoms with E-state index in [1.165, 1.54) is 89.9 Å². The van der Waals surface area contributed by atoms with Crippen LogP contribution in [0.4, 0.5) is 0 Å². The van der Waals surface area contributed by atoms with Crippen LogP contribution in [0.2, 0.25) is 0 Å². The van der Waals surface area contributed by atoms with Crippen LogP contribution in [0.1, 0.15) is 181 Å². The fraction of sp³-hybridized carbons (Fsp3) is 0.721. The lowest BCUT2D eigenvalue weighted by molar-refractivity contribution is -0.161. The summed E-state index contributed by atoms with van der Waals surface area (Å²) in [6.45, 7) is 3.59. The Kier molecular flexibility index (Phi) is 36.8. The standard InChI is InChI=1S/C43H75O8P/c1-3-5-7-9-11-13-15-17-19-20-21-22-24-25-27-29-31-33-35-37-42(44)49-39-41(40-50-52(46,47)48)51-43(45)38-36-34-32-30-28-26-23-18-16-14-12-10-8-6-4-2/h11,13,17,19,21-22,25,27,32,34,41H,3-10,12,14-16,18,20,23-24,26,28-31,33,35-40H2,1-2H3,(H2,46,47,48)/b13-11+,19-17+,22-21+,27-25+,34-32+/t41-/m1/s1. The van der Waals surface area contributed by atoms with Crippen molar-refractivity contribution in [2.45, 2.75) is 187 Å². The van der Waals surface area contributed by atoms with E-state index in [1.807, 2.05) is 6.08 Å². The minimum Gasteiger partial charge on any atom is -0.462 e. The molecule has 0 unspecified atom stereocenters. The van der Waals surface area contributed by atoms with Crippen molar-refractivity contribution in [1.82, 2.24) is 0 Å². The molecule has 0 saturated heterocycles. The van der Waals surface area contributed by atoms with Gasteiger partial charge < -0.3 is 19.3 Å². The van der Waals surface area contributed by atoms with Crippen LogP contribution in [0.3, 0.4) is 0 Å². The van der Waals surface area contributed by atoms with Crippen molar-refractivity contribution in [2.75, 3.05) is 13.2 Å².